The van der Waals surface area contributed by atoms with Crippen molar-refractivity contribution in [1.29, 1.82) is 5.26 Å². The van der Waals surface area contributed by atoms with Crippen LogP contribution in [0.15, 0.2) is 57.9 Å². The molecule has 0 spiro atoms. The highest BCUT2D eigenvalue weighted by atomic mass is 35.5. The van der Waals surface area contributed by atoms with Gasteiger partial charge in [0, 0.05) is 29.2 Å². The zero-order chi connectivity index (χ0) is 26.2. The molecule has 1 fully saturated rings. The van der Waals surface area contributed by atoms with Gasteiger partial charge in [0.15, 0.2) is 6.19 Å². The van der Waals surface area contributed by atoms with Gasteiger partial charge in [-0.05, 0) is 68.5 Å². The second-order valence-electron chi connectivity index (χ2n) is 8.91. The van der Waals surface area contributed by atoms with Gasteiger partial charge in [0.05, 0.1) is 6.54 Å². The monoisotopic (exact) mass is 520 g/mol. The summed E-state index contributed by atoms with van der Waals surface area (Å²) in [4.78, 5) is 31.9. The van der Waals surface area contributed by atoms with Crippen molar-refractivity contribution in [2.24, 2.45) is 4.99 Å². The van der Waals surface area contributed by atoms with Gasteiger partial charge in [0.25, 0.3) is 0 Å². The maximum Gasteiger partial charge on any atom is 0.247 e. The van der Waals surface area contributed by atoms with E-state index < -0.39 is 6.04 Å². The molecule has 1 aromatic heterocycles. The molecule has 1 aliphatic rings. The van der Waals surface area contributed by atoms with E-state index in [4.69, 9.17) is 16.0 Å². The Morgan fingerprint density at radius 2 is 2.08 bits per heavy atom. The first-order valence-electron chi connectivity index (χ1n) is 12.2. The average molecular weight is 521 g/mol. The number of fused-ring (bicyclic) bond motifs is 1. The summed E-state index contributed by atoms with van der Waals surface area (Å²) in [5, 5.41) is 19.3. The second kappa shape index (κ2) is 12.3. The van der Waals surface area contributed by atoms with Crippen LogP contribution in [0.4, 0.5) is 5.69 Å². The third-order valence-electron chi connectivity index (χ3n) is 6.12. The van der Waals surface area contributed by atoms with Gasteiger partial charge >= 0.3 is 0 Å². The van der Waals surface area contributed by atoms with Crippen molar-refractivity contribution in [2.75, 3.05) is 25.0 Å². The number of aryl methyl sites for hydroxylation is 1. The molecule has 3 aromatic rings. The van der Waals surface area contributed by atoms with Gasteiger partial charge in [-0.3, -0.25) is 14.9 Å². The smallest absolute Gasteiger partial charge is 0.247 e. The molecule has 10 heteroatoms. The van der Waals surface area contributed by atoms with Crippen molar-refractivity contribution in [3.63, 3.8) is 0 Å². The SMILES string of the molecule is Cc1cc2cc(NC(=N[C@H]3CCCCN(CC(=O)NCCc4ccccc4Cl)C3=O)NC#N)ccc2o1. The highest BCUT2D eigenvalue weighted by Crippen LogP contribution is 2.23. The molecule has 2 aromatic carbocycles. The van der Waals surface area contributed by atoms with E-state index in [1.54, 1.807) is 0 Å². The van der Waals surface area contributed by atoms with Gasteiger partial charge in [0.1, 0.15) is 17.4 Å². The Labute approximate surface area is 220 Å². The Morgan fingerprint density at radius 3 is 2.89 bits per heavy atom. The van der Waals surface area contributed by atoms with Crippen molar-refractivity contribution in [2.45, 2.75) is 38.6 Å². The van der Waals surface area contributed by atoms with Crippen LogP contribution in [0, 0.1) is 18.4 Å². The molecule has 2 amide bonds. The van der Waals surface area contributed by atoms with E-state index in [-0.39, 0.29) is 24.3 Å². The zero-order valence-electron chi connectivity index (χ0n) is 20.6. The molecule has 0 bridgehead atoms. The lowest BCUT2D eigenvalue weighted by molar-refractivity contribution is -0.136. The molecule has 0 unspecified atom stereocenters. The van der Waals surface area contributed by atoms with Gasteiger partial charge in [-0.15, -0.1) is 0 Å². The molecular formula is C27H29ClN6O3. The van der Waals surface area contributed by atoms with E-state index in [2.05, 4.69) is 20.9 Å². The normalized spacial score (nSPS) is 16.2. The minimum absolute atomic E-state index is 0.0433. The van der Waals surface area contributed by atoms with Gasteiger partial charge in [-0.1, -0.05) is 29.8 Å². The zero-order valence-corrected chi connectivity index (χ0v) is 21.3. The van der Waals surface area contributed by atoms with Gasteiger partial charge in [-0.2, -0.15) is 5.26 Å². The first-order chi connectivity index (χ1) is 17.9. The Kier molecular flexibility index (Phi) is 8.64. The van der Waals surface area contributed by atoms with E-state index in [0.29, 0.717) is 36.6 Å². The third kappa shape index (κ3) is 7.02. The quantitative estimate of drug-likeness (QED) is 0.187. The Morgan fingerprint density at radius 1 is 1.24 bits per heavy atom. The number of carbonyl (C=O) groups excluding carboxylic acids is 2. The van der Waals surface area contributed by atoms with Crippen LogP contribution in [-0.2, 0) is 16.0 Å². The molecule has 0 saturated carbocycles. The summed E-state index contributed by atoms with van der Waals surface area (Å²) < 4.78 is 5.61. The fraction of sp³-hybridized carbons (Fsp3) is 0.333. The number of carbonyl (C=O) groups is 2. The van der Waals surface area contributed by atoms with Crippen LogP contribution in [-0.4, -0.2) is 48.3 Å². The molecule has 9 nitrogen and oxygen atoms in total. The second-order valence-corrected chi connectivity index (χ2v) is 9.32. The maximum absolute atomic E-state index is 13.3. The number of nitriles is 1. The summed E-state index contributed by atoms with van der Waals surface area (Å²) in [7, 11) is 0. The number of aliphatic imine (C=N–C) groups is 1. The van der Waals surface area contributed by atoms with Crippen LogP contribution in [0.25, 0.3) is 11.0 Å². The predicted molar refractivity (Wildman–Crippen MR) is 143 cm³/mol. The Hall–Kier alpha value is -4.03. The summed E-state index contributed by atoms with van der Waals surface area (Å²) >= 11 is 6.18. The molecule has 1 saturated heterocycles. The van der Waals surface area contributed by atoms with Gasteiger partial charge < -0.3 is 20.0 Å². The standard InChI is InChI=1S/C27H29ClN6O3/c1-18-14-20-15-21(9-10-24(20)37-18)32-27(31-17-29)33-23-8-4-5-13-34(26(23)36)16-25(35)30-12-11-19-6-2-3-7-22(19)28/h2-3,6-7,9-10,14-15,23H,4-5,8,11-13,16H2,1H3,(H,30,35)(H2,31,32,33)/t23-/m0/s1. The fourth-order valence-electron chi connectivity index (χ4n) is 4.32. The number of halogens is 1. The van der Waals surface area contributed by atoms with Crippen LogP contribution in [0.2, 0.25) is 5.02 Å². The first-order valence-corrected chi connectivity index (χ1v) is 12.6. The number of furan rings is 1. The summed E-state index contributed by atoms with van der Waals surface area (Å²) in [6.07, 6.45) is 4.56. The number of guanidine groups is 1. The number of hydrogen-bond donors (Lipinski definition) is 3. The molecular weight excluding hydrogens is 492 g/mol. The summed E-state index contributed by atoms with van der Waals surface area (Å²) in [6.45, 7) is 2.73. The molecule has 37 heavy (non-hydrogen) atoms. The topological polar surface area (TPSA) is 123 Å². The number of nitrogens with one attached hydrogen (secondary N) is 3. The van der Waals surface area contributed by atoms with E-state index in [1.165, 1.54) is 4.90 Å². The Balaban J connectivity index is 1.39. The largest absolute Gasteiger partial charge is 0.461 e. The number of anilines is 1. The highest BCUT2D eigenvalue weighted by Gasteiger charge is 2.28. The number of amides is 2. The summed E-state index contributed by atoms with van der Waals surface area (Å²) in [5.41, 5.74) is 2.41. The lowest BCUT2D eigenvalue weighted by Crippen LogP contribution is -2.44. The van der Waals surface area contributed by atoms with Crippen molar-refractivity contribution in [1.82, 2.24) is 15.5 Å². The molecule has 1 atom stereocenters. The highest BCUT2D eigenvalue weighted by molar-refractivity contribution is 6.31. The molecule has 192 valence electrons. The summed E-state index contributed by atoms with van der Waals surface area (Å²) in [6, 6.07) is 14.2. The van der Waals surface area contributed by atoms with Crippen molar-refractivity contribution in [3.8, 4) is 6.19 Å². The van der Waals surface area contributed by atoms with Crippen LogP contribution in [0.3, 0.4) is 0 Å². The van der Waals surface area contributed by atoms with E-state index in [9.17, 15) is 14.9 Å². The van der Waals surface area contributed by atoms with Crippen LogP contribution >= 0.6 is 11.6 Å². The lowest BCUT2D eigenvalue weighted by Gasteiger charge is -2.22. The van der Waals surface area contributed by atoms with E-state index in [1.807, 2.05) is 61.6 Å². The van der Waals surface area contributed by atoms with E-state index in [0.717, 1.165) is 35.1 Å². The Bertz CT molecular complexity index is 1350. The molecule has 0 radical (unpaired) electrons. The van der Waals surface area contributed by atoms with Crippen LogP contribution in [0.5, 0.6) is 0 Å². The van der Waals surface area contributed by atoms with Crippen molar-refractivity contribution < 1.29 is 14.0 Å². The van der Waals surface area contributed by atoms with Crippen LogP contribution in [0.1, 0.15) is 30.6 Å². The number of hydrogen-bond acceptors (Lipinski definition) is 5. The number of benzene rings is 2. The lowest BCUT2D eigenvalue weighted by atomic mass is 10.1. The average Bonchev–Trinajstić information content (AvgIpc) is 3.16. The molecule has 1 aliphatic heterocycles. The predicted octanol–water partition coefficient (Wildman–Crippen LogP) is 3.97. The van der Waals surface area contributed by atoms with Crippen molar-refractivity contribution in [3.05, 3.63) is 64.9 Å². The van der Waals surface area contributed by atoms with E-state index >= 15 is 0 Å². The maximum atomic E-state index is 13.3. The number of nitrogens with zero attached hydrogens (tertiary/aromatic N) is 3. The molecule has 2 heterocycles. The fourth-order valence-corrected chi connectivity index (χ4v) is 4.55. The minimum atomic E-state index is -0.707. The third-order valence-corrected chi connectivity index (χ3v) is 6.49. The van der Waals surface area contributed by atoms with Gasteiger partial charge in [0.2, 0.25) is 17.8 Å². The minimum Gasteiger partial charge on any atom is -0.461 e. The first kappa shape index (κ1) is 26.0. The van der Waals surface area contributed by atoms with Crippen molar-refractivity contribution >= 4 is 46.0 Å². The molecule has 0 aliphatic carbocycles. The number of likely N-dealkylation sites (tertiary alicyclic amines) is 1. The molecule has 3 N–H and O–H groups in total. The van der Waals surface area contributed by atoms with Gasteiger partial charge in [-0.25, -0.2) is 4.99 Å². The summed E-state index contributed by atoms with van der Waals surface area (Å²) in [5.74, 6) is 0.501. The van der Waals surface area contributed by atoms with Crippen LogP contribution < -0.4 is 16.0 Å². The molecule has 4 rings (SSSR count). The number of rotatable bonds is 7.